The maximum atomic E-state index is 12.5. The van der Waals surface area contributed by atoms with Crippen molar-refractivity contribution in [2.24, 2.45) is 0 Å². The van der Waals surface area contributed by atoms with Gasteiger partial charge in [-0.2, -0.15) is 0 Å². The van der Waals surface area contributed by atoms with Gasteiger partial charge in [0.1, 0.15) is 12.4 Å². The summed E-state index contributed by atoms with van der Waals surface area (Å²) in [5.74, 6) is -0.557. The standard InChI is InChI=1S/C25H22ClNO4/c1-15-19(7-4-8-22(15)26)17-6-3-5-16(11-17)14-31-18-9-10-20-21(12-18)25(30)27(2)23(20)13-24(28)29/h3-12,23H,13-14H2,1-2H3,(H,28,29). The molecule has 3 aromatic rings. The fourth-order valence-electron chi connectivity index (χ4n) is 3.97. The molecule has 0 saturated heterocycles. The molecule has 1 aliphatic heterocycles. The van der Waals surface area contributed by atoms with E-state index in [1.807, 2.05) is 43.3 Å². The number of carbonyl (C=O) groups excluding carboxylic acids is 1. The molecule has 1 amide bonds. The summed E-state index contributed by atoms with van der Waals surface area (Å²) in [6.07, 6.45) is -0.120. The van der Waals surface area contributed by atoms with Crippen LogP contribution in [0, 0.1) is 6.92 Å². The molecule has 31 heavy (non-hydrogen) atoms. The average molecular weight is 436 g/mol. The summed E-state index contributed by atoms with van der Waals surface area (Å²) in [5.41, 5.74) is 5.37. The Kier molecular flexibility index (Phi) is 5.70. The number of carbonyl (C=O) groups is 2. The van der Waals surface area contributed by atoms with Crippen molar-refractivity contribution < 1.29 is 19.4 Å². The van der Waals surface area contributed by atoms with Crippen LogP contribution in [-0.4, -0.2) is 28.9 Å². The topological polar surface area (TPSA) is 66.8 Å². The summed E-state index contributed by atoms with van der Waals surface area (Å²) in [4.78, 5) is 25.2. The van der Waals surface area contributed by atoms with E-state index in [1.54, 1.807) is 25.2 Å². The molecule has 6 heteroatoms. The molecule has 0 fully saturated rings. The van der Waals surface area contributed by atoms with Crippen molar-refractivity contribution in [3.05, 3.63) is 87.9 Å². The average Bonchev–Trinajstić information content (AvgIpc) is 2.98. The van der Waals surface area contributed by atoms with Crippen molar-refractivity contribution in [3.63, 3.8) is 0 Å². The number of fused-ring (bicyclic) bond motifs is 1. The highest BCUT2D eigenvalue weighted by Gasteiger charge is 2.35. The number of amides is 1. The van der Waals surface area contributed by atoms with Gasteiger partial charge in [-0.3, -0.25) is 9.59 Å². The monoisotopic (exact) mass is 435 g/mol. The summed E-state index contributed by atoms with van der Waals surface area (Å²) < 4.78 is 5.95. The number of nitrogens with zero attached hydrogens (tertiary/aromatic N) is 1. The number of rotatable bonds is 6. The van der Waals surface area contributed by atoms with E-state index in [2.05, 4.69) is 6.07 Å². The van der Waals surface area contributed by atoms with E-state index in [-0.39, 0.29) is 12.3 Å². The Bertz CT molecular complexity index is 1170. The van der Waals surface area contributed by atoms with Gasteiger partial charge in [-0.1, -0.05) is 48.0 Å². The summed E-state index contributed by atoms with van der Waals surface area (Å²) in [6, 6.07) is 18.7. The number of benzene rings is 3. The molecular formula is C25H22ClNO4. The van der Waals surface area contributed by atoms with Crippen molar-refractivity contribution in [1.29, 1.82) is 0 Å². The minimum Gasteiger partial charge on any atom is -0.489 e. The van der Waals surface area contributed by atoms with E-state index in [0.29, 0.717) is 17.9 Å². The van der Waals surface area contributed by atoms with Crippen molar-refractivity contribution in [1.82, 2.24) is 4.90 Å². The van der Waals surface area contributed by atoms with Crippen molar-refractivity contribution >= 4 is 23.5 Å². The maximum Gasteiger partial charge on any atom is 0.305 e. The highest BCUT2D eigenvalue weighted by atomic mass is 35.5. The van der Waals surface area contributed by atoms with E-state index in [9.17, 15) is 9.59 Å². The van der Waals surface area contributed by atoms with Gasteiger partial charge >= 0.3 is 5.97 Å². The second kappa shape index (κ2) is 8.44. The van der Waals surface area contributed by atoms with Gasteiger partial charge < -0.3 is 14.7 Å². The minimum absolute atomic E-state index is 0.120. The molecule has 0 bridgehead atoms. The van der Waals surface area contributed by atoms with Gasteiger partial charge in [0.25, 0.3) is 5.91 Å². The minimum atomic E-state index is -0.937. The molecule has 0 aliphatic carbocycles. The number of hydrogen-bond donors (Lipinski definition) is 1. The number of hydrogen-bond acceptors (Lipinski definition) is 3. The molecule has 4 rings (SSSR count). The Morgan fingerprint density at radius 1 is 1.10 bits per heavy atom. The third kappa shape index (κ3) is 4.14. The molecule has 1 N–H and O–H groups in total. The normalized spacial score (nSPS) is 15.1. The molecule has 0 aromatic heterocycles. The third-order valence-electron chi connectivity index (χ3n) is 5.68. The first kappa shape index (κ1) is 20.9. The van der Waals surface area contributed by atoms with Gasteiger partial charge in [-0.05, 0) is 59.0 Å². The Balaban J connectivity index is 1.53. The Morgan fingerprint density at radius 2 is 1.87 bits per heavy atom. The first-order chi connectivity index (χ1) is 14.8. The van der Waals surface area contributed by atoms with Crippen LogP contribution in [0.4, 0.5) is 0 Å². The number of halogens is 1. The van der Waals surface area contributed by atoms with Gasteiger partial charge in [0.05, 0.1) is 12.5 Å². The number of aliphatic carboxylic acids is 1. The van der Waals surface area contributed by atoms with Crippen LogP contribution in [0.2, 0.25) is 5.02 Å². The lowest BCUT2D eigenvalue weighted by Crippen LogP contribution is -2.24. The Hall–Kier alpha value is -3.31. The molecule has 0 spiro atoms. The fraction of sp³-hybridized carbons (Fsp3) is 0.200. The van der Waals surface area contributed by atoms with E-state index in [4.69, 9.17) is 21.4 Å². The molecule has 158 valence electrons. The third-order valence-corrected chi connectivity index (χ3v) is 6.09. The van der Waals surface area contributed by atoms with Gasteiger partial charge in [0, 0.05) is 17.6 Å². The van der Waals surface area contributed by atoms with E-state index < -0.39 is 12.0 Å². The van der Waals surface area contributed by atoms with E-state index in [0.717, 1.165) is 32.8 Å². The van der Waals surface area contributed by atoms with Crippen molar-refractivity contribution in [2.75, 3.05) is 7.05 Å². The van der Waals surface area contributed by atoms with Crippen LogP contribution in [0.15, 0.2) is 60.7 Å². The van der Waals surface area contributed by atoms with Gasteiger partial charge in [0.15, 0.2) is 0 Å². The Labute approximate surface area is 185 Å². The second-order valence-electron chi connectivity index (χ2n) is 7.68. The lowest BCUT2D eigenvalue weighted by atomic mass is 9.99. The molecule has 5 nitrogen and oxygen atoms in total. The predicted molar refractivity (Wildman–Crippen MR) is 119 cm³/mol. The van der Waals surface area contributed by atoms with E-state index >= 15 is 0 Å². The second-order valence-corrected chi connectivity index (χ2v) is 8.09. The van der Waals surface area contributed by atoms with Crippen LogP contribution in [0.1, 0.15) is 39.5 Å². The highest BCUT2D eigenvalue weighted by molar-refractivity contribution is 6.31. The van der Waals surface area contributed by atoms with Crippen LogP contribution in [0.5, 0.6) is 5.75 Å². The van der Waals surface area contributed by atoms with Gasteiger partial charge in [0.2, 0.25) is 0 Å². The molecule has 1 atom stereocenters. The predicted octanol–water partition coefficient (Wildman–Crippen LogP) is 5.50. The summed E-state index contributed by atoms with van der Waals surface area (Å²) in [5, 5.41) is 9.87. The molecule has 3 aromatic carbocycles. The molecule has 0 saturated carbocycles. The zero-order valence-electron chi connectivity index (χ0n) is 17.3. The highest BCUT2D eigenvalue weighted by Crippen LogP contribution is 2.37. The smallest absolute Gasteiger partial charge is 0.305 e. The molecule has 1 heterocycles. The molecular weight excluding hydrogens is 414 g/mol. The first-order valence-corrected chi connectivity index (χ1v) is 10.3. The van der Waals surface area contributed by atoms with Crippen molar-refractivity contribution in [2.45, 2.75) is 26.0 Å². The van der Waals surface area contributed by atoms with Crippen LogP contribution in [0.25, 0.3) is 11.1 Å². The number of carboxylic acids is 1. The quantitative estimate of drug-likeness (QED) is 0.555. The molecule has 1 aliphatic rings. The van der Waals surface area contributed by atoms with Crippen LogP contribution in [-0.2, 0) is 11.4 Å². The van der Waals surface area contributed by atoms with E-state index in [1.165, 1.54) is 4.90 Å². The Morgan fingerprint density at radius 3 is 2.65 bits per heavy atom. The largest absolute Gasteiger partial charge is 0.489 e. The zero-order valence-corrected chi connectivity index (χ0v) is 18.0. The fourth-order valence-corrected chi connectivity index (χ4v) is 4.14. The number of carboxylic acid groups (broad SMARTS) is 1. The summed E-state index contributed by atoms with van der Waals surface area (Å²) in [7, 11) is 1.62. The van der Waals surface area contributed by atoms with Crippen molar-refractivity contribution in [3.8, 4) is 16.9 Å². The van der Waals surface area contributed by atoms with Crippen LogP contribution in [0.3, 0.4) is 0 Å². The molecule has 0 radical (unpaired) electrons. The van der Waals surface area contributed by atoms with Gasteiger partial charge in [-0.25, -0.2) is 0 Å². The van der Waals surface area contributed by atoms with Gasteiger partial charge in [-0.15, -0.1) is 0 Å². The maximum absolute atomic E-state index is 12.5. The SMILES string of the molecule is Cc1c(Cl)cccc1-c1cccc(COc2ccc3c(c2)C(=O)N(C)C3CC(=O)O)c1. The summed E-state index contributed by atoms with van der Waals surface area (Å²) in [6.45, 7) is 2.34. The first-order valence-electron chi connectivity index (χ1n) is 9.95. The zero-order chi connectivity index (χ0) is 22.1. The lowest BCUT2D eigenvalue weighted by Gasteiger charge is -2.18. The van der Waals surface area contributed by atoms with Crippen LogP contribution < -0.4 is 4.74 Å². The van der Waals surface area contributed by atoms with Crippen LogP contribution >= 0.6 is 11.6 Å². The molecule has 1 unspecified atom stereocenters. The number of ether oxygens (including phenoxy) is 1. The lowest BCUT2D eigenvalue weighted by molar-refractivity contribution is -0.138. The summed E-state index contributed by atoms with van der Waals surface area (Å²) >= 11 is 6.26.